The zero-order valence-corrected chi connectivity index (χ0v) is 16.0. The van der Waals surface area contributed by atoms with Crippen molar-refractivity contribution in [2.45, 2.75) is 0 Å². The average molecular weight is 384 g/mol. The van der Waals surface area contributed by atoms with Crippen LogP contribution in [0, 0.1) is 0 Å². The van der Waals surface area contributed by atoms with E-state index in [0.717, 1.165) is 55.1 Å². The predicted molar refractivity (Wildman–Crippen MR) is 121 cm³/mol. The van der Waals surface area contributed by atoms with Gasteiger partial charge in [0.05, 0.1) is 22.4 Å². The highest BCUT2D eigenvalue weighted by Crippen LogP contribution is 2.32. The molecule has 4 nitrogen and oxygen atoms in total. The summed E-state index contributed by atoms with van der Waals surface area (Å²) in [6, 6.07) is 24.8. The van der Waals surface area contributed by atoms with E-state index in [1.807, 2.05) is 48.8 Å². The molecule has 0 radical (unpaired) electrons. The number of rotatable bonds is 2. The molecule has 0 spiro atoms. The Bertz CT molecular complexity index is 1410. The Kier molecular flexibility index (Phi) is 3.74. The maximum absolute atomic E-state index is 4.98. The van der Waals surface area contributed by atoms with Crippen LogP contribution in [0.15, 0.2) is 97.6 Å². The lowest BCUT2D eigenvalue weighted by molar-refractivity contribution is 1.30. The van der Waals surface area contributed by atoms with E-state index in [-0.39, 0.29) is 0 Å². The molecule has 4 heteroatoms. The van der Waals surface area contributed by atoms with E-state index in [2.05, 4.69) is 46.4 Å². The van der Waals surface area contributed by atoms with Crippen molar-refractivity contribution < 1.29 is 0 Å². The van der Waals surface area contributed by atoms with Gasteiger partial charge in [-0.3, -0.25) is 9.97 Å². The number of pyridine rings is 4. The summed E-state index contributed by atoms with van der Waals surface area (Å²) >= 11 is 0. The number of nitrogens with zero attached hydrogens (tertiary/aromatic N) is 4. The summed E-state index contributed by atoms with van der Waals surface area (Å²) in [5, 5.41) is 4.42. The molecule has 140 valence electrons. The van der Waals surface area contributed by atoms with Gasteiger partial charge in [-0.05, 0) is 36.4 Å². The van der Waals surface area contributed by atoms with Crippen molar-refractivity contribution in [3.8, 4) is 22.5 Å². The lowest BCUT2D eigenvalue weighted by atomic mass is 10.0. The first-order valence-electron chi connectivity index (χ1n) is 9.81. The molecule has 0 amide bonds. The Hall–Kier alpha value is -4.18. The van der Waals surface area contributed by atoms with Gasteiger partial charge < -0.3 is 0 Å². The van der Waals surface area contributed by atoms with Crippen LogP contribution in [-0.2, 0) is 0 Å². The van der Waals surface area contributed by atoms with Gasteiger partial charge in [0.25, 0.3) is 0 Å². The molecule has 0 fully saturated rings. The van der Waals surface area contributed by atoms with Gasteiger partial charge >= 0.3 is 0 Å². The fourth-order valence-corrected chi connectivity index (χ4v) is 3.93. The minimum absolute atomic E-state index is 0.917. The standard InChI is InChI=1S/C26H16N4/c1-3-19(15-27-13-1)23-11-7-17-5-10-22-21(25(17)29-23)9-6-18-8-12-24(30-26(18)22)20-4-2-14-28-16-20/h1-16H. The lowest BCUT2D eigenvalue weighted by Gasteiger charge is -2.09. The van der Waals surface area contributed by atoms with Crippen molar-refractivity contribution in [2.24, 2.45) is 0 Å². The van der Waals surface area contributed by atoms with E-state index in [1.54, 1.807) is 12.4 Å². The first kappa shape index (κ1) is 16.7. The first-order chi connectivity index (χ1) is 14.9. The Morgan fingerprint density at radius 3 is 1.37 bits per heavy atom. The maximum atomic E-state index is 4.98. The third-order valence-corrected chi connectivity index (χ3v) is 5.43. The molecule has 0 aliphatic heterocycles. The minimum Gasteiger partial charge on any atom is -0.264 e. The zero-order chi connectivity index (χ0) is 19.9. The summed E-state index contributed by atoms with van der Waals surface area (Å²) in [6.07, 6.45) is 7.24. The van der Waals surface area contributed by atoms with Crippen LogP contribution in [0.3, 0.4) is 0 Å². The van der Waals surface area contributed by atoms with Crippen molar-refractivity contribution in [1.82, 2.24) is 19.9 Å². The monoisotopic (exact) mass is 384 g/mol. The molecule has 0 bridgehead atoms. The molecule has 0 aliphatic carbocycles. The van der Waals surface area contributed by atoms with Gasteiger partial charge in [-0.15, -0.1) is 0 Å². The molecule has 0 unspecified atom stereocenters. The molecule has 2 aromatic carbocycles. The van der Waals surface area contributed by atoms with E-state index in [4.69, 9.17) is 9.97 Å². The van der Waals surface area contributed by atoms with Crippen LogP contribution in [0.5, 0.6) is 0 Å². The smallest absolute Gasteiger partial charge is 0.0788 e. The van der Waals surface area contributed by atoms with Gasteiger partial charge in [0, 0.05) is 57.5 Å². The normalized spacial score (nSPS) is 11.3. The molecule has 30 heavy (non-hydrogen) atoms. The fraction of sp³-hybridized carbons (Fsp3) is 0. The zero-order valence-electron chi connectivity index (χ0n) is 16.0. The van der Waals surface area contributed by atoms with E-state index in [9.17, 15) is 0 Å². The number of hydrogen-bond donors (Lipinski definition) is 0. The summed E-state index contributed by atoms with van der Waals surface area (Å²) in [5.74, 6) is 0. The second-order valence-electron chi connectivity index (χ2n) is 7.25. The summed E-state index contributed by atoms with van der Waals surface area (Å²) in [6.45, 7) is 0. The van der Waals surface area contributed by atoms with E-state index in [0.29, 0.717) is 0 Å². The van der Waals surface area contributed by atoms with Crippen LogP contribution in [0.4, 0.5) is 0 Å². The number of fused-ring (bicyclic) bond motifs is 5. The van der Waals surface area contributed by atoms with E-state index in [1.165, 1.54) is 0 Å². The van der Waals surface area contributed by atoms with Crippen LogP contribution in [-0.4, -0.2) is 19.9 Å². The molecular weight excluding hydrogens is 368 g/mol. The van der Waals surface area contributed by atoms with Crippen LogP contribution >= 0.6 is 0 Å². The highest BCUT2D eigenvalue weighted by atomic mass is 14.7. The van der Waals surface area contributed by atoms with Crippen LogP contribution < -0.4 is 0 Å². The second-order valence-corrected chi connectivity index (χ2v) is 7.25. The van der Waals surface area contributed by atoms with Crippen LogP contribution in [0.1, 0.15) is 0 Å². The molecule has 0 saturated carbocycles. The van der Waals surface area contributed by atoms with Crippen LogP contribution in [0.25, 0.3) is 55.1 Å². The summed E-state index contributed by atoms with van der Waals surface area (Å²) in [5.41, 5.74) is 5.80. The lowest BCUT2D eigenvalue weighted by Crippen LogP contribution is -1.90. The quantitative estimate of drug-likeness (QED) is 0.341. The molecule has 6 aromatic rings. The van der Waals surface area contributed by atoms with Crippen LogP contribution in [0.2, 0.25) is 0 Å². The number of benzene rings is 2. The topological polar surface area (TPSA) is 51.6 Å². The second kappa shape index (κ2) is 6.71. The average Bonchev–Trinajstić information content (AvgIpc) is 2.84. The molecule has 0 atom stereocenters. The van der Waals surface area contributed by atoms with Gasteiger partial charge in [0.2, 0.25) is 0 Å². The molecule has 0 saturated heterocycles. The van der Waals surface area contributed by atoms with Crippen molar-refractivity contribution in [3.05, 3.63) is 97.6 Å². The Morgan fingerprint density at radius 2 is 0.933 bits per heavy atom. The minimum atomic E-state index is 0.917. The Balaban J connectivity index is 1.62. The fourth-order valence-electron chi connectivity index (χ4n) is 3.93. The highest BCUT2D eigenvalue weighted by molar-refractivity contribution is 6.15. The van der Waals surface area contributed by atoms with Crippen molar-refractivity contribution in [1.29, 1.82) is 0 Å². The predicted octanol–water partition coefficient (Wildman–Crippen LogP) is 6.06. The molecule has 6 rings (SSSR count). The van der Waals surface area contributed by atoms with Gasteiger partial charge in [-0.25, -0.2) is 9.97 Å². The molecule has 0 aliphatic rings. The Labute approximate surface area is 172 Å². The maximum Gasteiger partial charge on any atom is 0.0788 e. The summed E-state index contributed by atoms with van der Waals surface area (Å²) in [7, 11) is 0. The third kappa shape index (κ3) is 2.70. The Morgan fingerprint density at radius 1 is 0.467 bits per heavy atom. The third-order valence-electron chi connectivity index (χ3n) is 5.43. The number of hydrogen-bond acceptors (Lipinski definition) is 4. The SMILES string of the molecule is c1cncc(-c2ccc3ccc4c(ccc5ccc(-c6cccnc6)nc54)c3n2)c1. The van der Waals surface area contributed by atoms with E-state index < -0.39 is 0 Å². The van der Waals surface area contributed by atoms with Gasteiger partial charge in [-0.1, -0.05) is 36.4 Å². The van der Waals surface area contributed by atoms with Crippen molar-refractivity contribution >= 4 is 32.6 Å². The molecule has 4 heterocycles. The summed E-state index contributed by atoms with van der Waals surface area (Å²) in [4.78, 5) is 18.4. The van der Waals surface area contributed by atoms with Crippen molar-refractivity contribution in [3.63, 3.8) is 0 Å². The molecule has 0 N–H and O–H groups in total. The highest BCUT2D eigenvalue weighted by Gasteiger charge is 2.10. The van der Waals surface area contributed by atoms with Gasteiger partial charge in [0.15, 0.2) is 0 Å². The van der Waals surface area contributed by atoms with Gasteiger partial charge in [-0.2, -0.15) is 0 Å². The number of aromatic nitrogens is 4. The first-order valence-corrected chi connectivity index (χ1v) is 9.81. The molecular formula is C26H16N4. The summed E-state index contributed by atoms with van der Waals surface area (Å²) < 4.78 is 0. The van der Waals surface area contributed by atoms with Gasteiger partial charge in [0.1, 0.15) is 0 Å². The molecule has 4 aromatic heterocycles. The van der Waals surface area contributed by atoms with E-state index >= 15 is 0 Å². The largest absolute Gasteiger partial charge is 0.264 e. The van der Waals surface area contributed by atoms with Crippen molar-refractivity contribution in [2.75, 3.05) is 0 Å².